The molecule has 2 aromatic carbocycles. The molecule has 0 saturated carbocycles. The van der Waals surface area contributed by atoms with Crippen LogP contribution in [0.4, 0.5) is 5.69 Å². The summed E-state index contributed by atoms with van der Waals surface area (Å²) >= 11 is 0. The number of ketones is 1. The molecule has 0 aliphatic heterocycles. The van der Waals surface area contributed by atoms with Crippen molar-refractivity contribution in [2.75, 3.05) is 5.32 Å². The maximum atomic E-state index is 12.1. The van der Waals surface area contributed by atoms with Crippen LogP contribution in [0.5, 0.6) is 0 Å². The minimum absolute atomic E-state index is 0.00560. The third-order valence-electron chi connectivity index (χ3n) is 3.61. The van der Waals surface area contributed by atoms with E-state index >= 15 is 0 Å². The van der Waals surface area contributed by atoms with E-state index in [4.69, 9.17) is 0 Å². The fraction of sp³-hybridized carbons (Fsp3) is 0.278. The molecule has 0 bridgehead atoms. The maximum Gasteiger partial charge on any atom is 0.137 e. The number of hydrogen-bond donors (Lipinski definition) is 1. The molecular weight excluding hydrogens is 246 g/mol. The van der Waals surface area contributed by atoms with E-state index in [0.29, 0.717) is 6.42 Å². The second-order valence-electron chi connectivity index (χ2n) is 5.01. The summed E-state index contributed by atoms with van der Waals surface area (Å²) < 4.78 is 0. The predicted molar refractivity (Wildman–Crippen MR) is 83.7 cm³/mol. The number of nitrogens with one attached hydrogen (secondary N) is 1. The van der Waals surface area contributed by atoms with Crippen molar-refractivity contribution in [2.24, 2.45) is 5.92 Å². The van der Waals surface area contributed by atoms with Crippen LogP contribution >= 0.6 is 0 Å². The molecular formula is C18H21NO. The molecule has 2 heteroatoms. The Kier molecular flexibility index (Phi) is 4.94. The number of rotatable bonds is 6. The van der Waals surface area contributed by atoms with Crippen molar-refractivity contribution in [3.8, 4) is 0 Å². The summed E-state index contributed by atoms with van der Waals surface area (Å²) in [7, 11) is 0. The van der Waals surface area contributed by atoms with E-state index in [1.54, 1.807) is 0 Å². The molecule has 0 amide bonds. The number of carbonyl (C=O) groups excluding carboxylic acids is 1. The summed E-state index contributed by atoms with van der Waals surface area (Å²) in [4.78, 5) is 12.1. The van der Waals surface area contributed by atoms with E-state index in [2.05, 4.69) is 17.4 Å². The number of anilines is 1. The second kappa shape index (κ2) is 6.90. The zero-order valence-corrected chi connectivity index (χ0v) is 12.0. The van der Waals surface area contributed by atoms with E-state index in [1.165, 1.54) is 0 Å². The largest absolute Gasteiger partial charge is 0.378 e. The summed E-state index contributed by atoms with van der Waals surface area (Å²) in [5.74, 6) is 0.227. The summed E-state index contributed by atoms with van der Waals surface area (Å²) in [6.07, 6.45) is 0.570. The predicted octanol–water partition coefficient (Wildman–Crippen LogP) is 4.46. The molecule has 0 spiro atoms. The van der Waals surface area contributed by atoms with E-state index in [1.807, 2.05) is 62.4 Å². The maximum absolute atomic E-state index is 12.1. The first-order valence-electron chi connectivity index (χ1n) is 7.11. The average Bonchev–Trinajstić information content (AvgIpc) is 2.53. The molecule has 0 aliphatic carbocycles. The SMILES string of the molecule is CCC(=O)C(C)C(Nc1ccccc1)c1ccccc1. The van der Waals surface area contributed by atoms with Crippen LogP contribution < -0.4 is 5.32 Å². The Morgan fingerprint density at radius 2 is 1.55 bits per heavy atom. The van der Waals surface area contributed by atoms with Gasteiger partial charge in [-0.1, -0.05) is 62.4 Å². The van der Waals surface area contributed by atoms with Crippen molar-refractivity contribution < 1.29 is 4.79 Å². The quantitative estimate of drug-likeness (QED) is 0.837. The normalized spacial score (nSPS) is 13.5. The van der Waals surface area contributed by atoms with Crippen molar-refractivity contribution in [1.82, 2.24) is 0 Å². The lowest BCUT2D eigenvalue weighted by Gasteiger charge is -2.25. The van der Waals surface area contributed by atoms with Gasteiger partial charge in [0, 0.05) is 18.0 Å². The number of benzene rings is 2. The van der Waals surface area contributed by atoms with Gasteiger partial charge in [-0.05, 0) is 17.7 Å². The smallest absolute Gasteiger partial charge is 0.137 e. The van der Waals surface area contributed by atoms with Crippen molar-refractivity contribution in [1.29, 1.82) is 0 Å². The van der Waals surface area contributed by atoms with Crippen LogP contribution in [-0.2, 0) is 4.79 Å². The van der Waals surface area contributed by atoms with Crippen LogP contribution in [0, 0.1) is 5.92 Å². The number of Topliss-reactive ketones (excluding diaryl/α,β-unsaturated/α-hetero) is 1. The monoisotopic (exact) mass is 267 g/mol. The van der Waals surface area contributed by atoms with Gasteiger partial charge in [0.2, 0.25) is 0 Å². The topological polar surface area (TPSA) is 29.1 Å². The van der Waals surface area contributed by atoms with E-state index in [9.17, 15) is 4.79 Å². The Bertz CT molecular complexity index is 536. The molecule has 2 nitrogen and oxygen atoms in total. The third-order valence-corrected chi connectivity index (χ3v) is 3.61. The lowest BCUT2D eigenvalue weighted by molar-refractivity contribution is -0.122. The molecule has 0 aliphatic rings. The first-order valence-corrected chi connectivity index (χ1v) is 7.11. The molecule has 2 aromatic rings. The van der Waals surface area contributed by atoms with Gasteiger partial charge in [-0.25, -0.2) is 0 Å². The van der Waals surface area contributed by atoms with Crippen LogP contribution in [0.2, 0.25) is 0 Å². The molecule has 2 atom stereocenters. The minimum Gasteiger partial charge on any atom is -0.378 e. The fourth-order valence-corrected chi connectivity index (χ4v) is 2.38. The van der Waals surface area contributed by atoms with Gasteiger partial charge in [-0.15, -0.1) is 0 Å². The Hall–Kier alpha value is -2.09. The zero-order chi connectivity index (χ0) is 14.4. The van der Waals surface area contributed by atoms with E-state index in [0.717, 1.165) is 11.3 Å². The minimum atomic E-state index is -0.0531. The van der Waals surface area contributed by atoms with Crippen molar-refractivity contribution in [3.63, 3.8) is 0 Å². The molecule has 2 rings (SSSR count). The van der Waals surface area contributed by atoms with Gasteiger partial charge in [-0.3, -0.25) is 4.79 Å². The Morgan fingerprint density at radius 1 is 1.00 bits per heavy atom. The Labute approximate surface area is 120 Å². The Morgan fingerprint density at radius 3 is 2.10 bits per heavy atom. The van der Waals surface area contributed by atoms with Gasteiger partial charge >= 0.3 is 0 Å². The molecule has 1 N–H and O–H groups in total. The average molecular weight is 267 g/mol. The number of para-hydroxylation sites is 1. The highest BCUT2D eigenvalue weighted by atomic mass is 16.1. The molecule has 0 saturated heterocycles. The second-order valence-corrected chi connectivity index (χ2v) is 5.01. The summed E-state index contributed by atoms with van der Waals surface area (Å²) in [5.41, 5.74) is 2.18. The van der Waals surface area contributed by atoms with E-state index in [-0.39, 0.29) is 17.7 Å². The molecule has 104 valence electrons. The summed E-state index contributed by atoms with van der Waals surface area (Å²) in [5, 5.41) is 3.49. The molecule has 0 fully saturated rings. The standard InChI is InChI=1S/C18H21NO/c1-3-17(20)14(2)18(15-10-6-4-7-11-15)19-16-12-8-5-9-13-16/h4-14,18-19H,3H2,1-2H3. The highest BCUT2D eigenvalue weighted by molar-refractivity contribution is 5.81. The molecule has 0 heterocycles. The highest BCUT2D eigenvalue weighted by Crippen LogP contribution is 2.27. The summed E-state index contributed by atoms with van der Waals surface area (Å²) in [6, 6.07) is 20.2. The third kappa shape index (κ3) is 3.47. The molecule has 2 unspecified atom stereocenters. The van der Waals surface area contributed by atoms with Crippen LogP contribution in [0.3, 0.4) is 0 Å². The van der Waals surface area contributed by atoms with Crippen LogP contribution in [0.15, 0.2) is 60.7 Å². The first-order chi connectivity index (χ1) is 9.72. The van der Waals surface area contributed by atoms with Gasteiger partial charge < -0.3 is 5.32 Å². The van der Waals surface area contributed by atoms with Crippen LogP contribution in [-0.4, -0.2) is 5.78 Å². The van der Waals surface area contributed by atoms with Gasteiger partial charge in [0.1, 0.15) is 5.78 Å². The Balaban J connectivity index is 2.27. The van der Waals surface area contributed by atoms with Crippen molar-refractivity contribution in [2.45, 2.75) is 26.3 Å². The van der Waals surface area contributed by atoms with Crippen molar-refractivity contribution >= 4 is 11.5 Å². The zero-order valence-electron chi connectivity index (χ0n) is 12.0. The molecule has 0 aromatic heterocycles. The lowest BCUT2D eigenvalue weighted by Crippen LogP contribution is -2.25. The summed E-state index contributed by atoms with van der Waals surface area (Å²) in [6.45, 7) is 3.92. The fourth-order valence-electron chi connectivity index (χ4n) is 2.38. The van der Waals surface area contributed by atoms with Gasteiger partial charge in [0.25, 0.3) is 0 Å². The number of carbonyl (C=O) groups is 1. The van der Waals surface area contributed by atoms with Crippen molar-refractivity contribution in [3.05, 3.63) is 66.2 Å². The van der Waals surface area contributed by atoms with Gasteiger partial charge in [0.05, 0.1) is 6.04 Å². The van der Waals surface area contributed by atoms with E-state index < -0.39 is 0 Å². The van der Waals surface area contributed by atoms with Gasteiger partial charge in [0.15, 0.2) is 0 Å². The highest BCUT2D eigenvalue weighted by Gasteiger charge is 2.24. The van der Waals surface area contributed by atoms with Crippen LogP contribution in [0.1, 0.15) is 31.9 Å². The first kappa shape index (κ1) is 14.3. The number of hydrogen-bond acceptors (Lipinski definition) is 2. The van der Waals surface area contributed by atoms with Crippen LogP contribution in [0.25, 0.3) is 0 Å². The molecule has 0 radical (unpaired) electrons. The molecule has 20 heavy (non-hydrogen) atoms. The van der Waals surface area contributed by atoms with Gasteiger partial charge in [-0.2, -0.15) is 0 Å². The lowest BCUT2D eigenvalue weighted by atomic mass is 9.90.